The second kappa shape index (κ2) is 12.7. The SMILES string of the molecule is CCCc1nc(C)c2c(=O)[nH]c(-c3cc(SNC4CCN(c5ccc(C#N)c(C(F)(F)F)c5)CC4)ccc3OCC)nn12. The van der Waals surface area contributed by atoms with E-state index in [1.807, 2.05) is 36.9 Å². The number of alkyl halides is 3. The van der Waals surface area contributed by atoms with Crippen LogP contribution in [0.4, 0.5) is 18.9 Å². The standard InChI is InChI=1S/C30H32F3N7O2S/c1-4-6-26-35-18(3)27-29(41)36-28(37-40(26)27)23-16-22(9-10-25(23)42-5-2)43-38-20-11-13-39(14-12-20)21-8-7-19(17-34)24(15-21)30(31,32)33/h7-10,15-16,20,38H,4-6,11-14H2,1-3H3,(H,36,37,41). The number of hydrogen-bond acceptors (Lipinski definition) is 8. The summed E-state index contributed by atoms with van der Waals surface area (Å²) in [7, 11) is 0. The molecular weight excluding hydrogens is 579 g/mol. The summed E-state index contributed by atoms with van der Waals surface area (Å²) in [5, 5.41) is 13.8. The van der Waals surface area contributed by atoms with E-state index in [4.69, 9.17) is 15.1 Å². The fourth-order valence-electron chi connectivity index (χ4n) is 5.25. The second-order valence-corrected chi connectivity index (χ2v) is 11.2. The number of H-pyrrole nitrogens is 1. The van der Waals surface area contributed by atoms with Gasteiger partial charge in [-0.05, 0) is 81.5 Å². The maximum atomic E-state index is 13.4. The number of nitrogens with one attached hydrogen (secondary N) is 2. The monoisotopic (exact) mass is 611 g/mol. The molecule has 1 fully saturated rings. The smallest absolute Gasteiger partial charge is 0.417 e. The number of aromatic amines is 1. The lowest BCUT2D eigenvalue weighted by molar-refractivity contribution is -0.137. The normalized spacial score (nSPS) is 14.3. The van der Waals surface area contributed by atoms with Gasteiger partial charge in [0.1, 0.15) is 11.6 Å². The topological polar surface area (TPSA) is 111 Å². The molecule has 2 aromatic heterocycles. The Morgan fingerprint density at radius 3 is 2.63 bits per heavy atom. The summed E-state index contributed by atoms with van der Waals surface area (Å²) in [6.07, 6.45) is -1.58. The molecule has 0 amide bonds. The minimum absolute atomic E-state index is 0.136. The van der Waals surface area contributed by atoms with Crippen LogP contribution in [0.1, 0.15) is 55.8 Å². The van der Waals surface area contributed by atoms with Crippen molar-refractivity contribution >= 4 is 23.2 Å². The van der Waals surface area contributed by atoms with Crippen molar-refractivity contribution in [3.8, 4) is 23.2 Å². The van der Waals surface area contributed by atoms with Crippen LogP contribution >= 0.6 is 11.9 Å². The molecule has 0 spiro atoms. The molecule has 2 N–H and O–H groups in total. The first-order valence-corrected chi connectivity index (χ1v) is 15.0. The van der Waals surface area contributed by atoms with E-state index >= 15 is 0 Å². The Kier molecular flexibility index (Phi) is 8.98. The van der Waals surface area contributed by atoms with Crippen molar-refractivity contribution in [1.82, 2.24) is 24.3 Å². The van der Waals surface area contributed by atoms with E-state index < -0.39 is 11.7 Å². The summed E-state index contributed by atoms with van der Waals surface area (Å²) in [5.41, 5.74) is 0.619. The number of aromatic nitrogens is 4. The largest absolute Gasteiger partial charge is 0.493 e. The Morgan fingerprint density at radius 2 is 1.95 bits per heavy atom. The van der Waals surface area contributed by atoms with Crippen LogP contribution in [-0.2, 0) is 12.6 Å². The molecule has 5 rings (SSSR count). The van der Waals surface area contributed by atoms with Gasteiger partial charge in [-0.3, -0.25) is 9.52 Å². The van der Waals surface area contributed by atoms with E-state index in [0.29, 0.717) is 60.2 Å². The number of aryl methyl sites for hydroxylation is 2. The fraction of sp³-hybridized carbons (Fsp3) is 0.400. The molecule has 0 aliphatic carbocycles. The van der Waals surface area contributed by atoms with Gasteiger partial charge >= 0.3 is 6.18 Å². The molecule has 0 unspecified atom stereocenters. The van der Waals surface area contributed by atoms with Crippen LogP contribution in [0.15, 0.2) is 46.1 Å². The van der Waals surface area contributed by atoms with Crippen molar-refractivity contribution in [2.45, 2.75) is 63.6 Å². The van der Waals surface area contributed by atoms with Gasteiger partial charge in [-0.1, -0.05) is 6.92 Å². The van der Waals surface area contributed by atoms with Crippen molar-refractivity contribution in [3.63, 3.8) is 0 Å². The van der Waals surface area contributed by atoms with Gasteiger partial charge in [0.15, 0.2) is 11.3 Å². The van der Waals surface area contributed by atoms with E-state index in [9.17, 15) is 18.0 Å². The van der Waals surface area contributed by atoms with Gasteiger partial charge in [0.05, 0.1) is 35.1 Å². The molecule has 0 radical (unpaired) electrons. The number of hydrogen-bond donors (Lipinski definition) is 2. The number of nitriles is 1. The maximum Gasteiger partial charge on any atom is 0.417 e. The summed E-state index contributed by atoms with van der Waals surface area (Å²) in [6.45, 7) is 7.33. The van der Waals surface area contributed by atoms with Gasteiger partial charge in [-0.15, -0.1) is 5.10 Å². The van der Waals surface area contributed by atoms with Crippen LogP contribution in [0.25, 0.3) is 16.9 Å². The van der Waals surface area contributed by atoms with Crippen molar-refractivity contribution < 1.29 is 17.9 Å². The molecule has 1 saturated heterocycles. The highest BCUT2D eigenvalue weighted by Crippen LogP contribution is 2.36. The van der Waals surface area contributed by atoms with E-state index in [-0.39, 0.29) is 17.2 Å². The zero-order valence-corrected chi connectivity index (χ0v) is 24.9. The van der Waals surface area contributed by atoms with Crippen LogP contribution in [-0.4, -0.2) is 45.3 Å². The highest BCUT2D eigenvalue weighted by molar-refractivity contribution is 7.97. The molecule has 0 atom stereocenters. The van der Waals surface area contributed by atoms with E-state index in [2.05, 4.69) is 14.7 Å². The average molecular weight is 612 g/mol. The molecule has 43 heavy (non-hydrogen) atoms. The van der Waals surface area contributed by atoms with Crippen LogP contribution < -0.4 is 19.9 Å². The van der Waals surface area contributed by atoms with Crippen molar-refractivity contribution in [1.29, 1.82) is 5.26 Å². The minimum atomic E-state index is -4.59. The average Bonchev–Trinajstić information content (AvgIpc) is 3.31. The quantitative estimate of drug-likeness (QED) is 0.225. The first-order valence-electron chi connectivity index (χ1n) is 14.2. The molecule has 1 aliphatic rings. The predicted molar refractivity (Wildman–Crippen MR) is 159 cm³/mol. The lowest BCUT2D eigenvalue weighted by Crippen LogP contribution is -2.40. The second-order valence-electron chi connectivity index (χ2n) is 10.3. The number of imidazole rings is 1. The Hall–Kier alpha value is -4.02. The number of anilines is 1. The van der Waals surface area contributed by atoms with Crippen LogP contribution in [0.5, 0.6) is 5.75 Å². The molecule has 1 aliphatic heterocycles. The zero-order valence-electron chi connectivity index (χ0n) is 24.1. The van der Waals surface area contributed by atoms with Gasteiger partial charge < -0.3 is 14.6 Å². The third-order valence-corrected chi connectivity index (χ3v) is 8.30. The Balaban J connectivity index is 1.31. The first kappa shape index (κ1) is 30.4. The van der Waals surface area contributed by atoms with E-state index in [0.717, 1.165) is 36.0 Å². The van der Waals surface area contributed by atoms with Crippen LogP contribution in [0.2, 0.25) is 0 Å². The van der Waals surface area contributed by atoms with Gasteiger partial charge in [0.25, 0.3) is 5.56 Å². The number of benzene rings is 2. The third-order valence-electron chi connectivity index (χ3n) is 7.35. The molecule has 226 valence electrons. The maximum absolute atomic E-state index is 13.4. The van der Waals surface area contributed by atoms with Gasteiger partial charge in [0, 0.05) is 36.1 Å². The predicted octanol–water partition coefficient (Wildman–Crippen LogP) is 5.90. The number of rotatable bonds is 9. The lowest BCUT2D eigenvalue weighted by Gasteiger charge is -2.34. The molecular formula is C30H32F3N7O2S. The van der Waals surface area contributed by atoms with E-state index in [1.54, 1.807) is 23.6 Å². The van der Waals surface area contributed by atoms with E-state index in [1.165, 1.54) is 18.0 Å². The minimum Gasteiger partial charge on any atom is -0.493 e. The third kappa shape index (κ3) is 6.50. The summed E-state index contributed by atoms with van der Waals surface area (Å²) in [4.78, 5) is 23.3. The van der Waals surface area contributed by atoms with Gasteiger partial charge in [-0.25, -0.2) is 9.50 Å². The molecule has 9 nitrogen and oxygen atoms in total. The zero-order chi connectivity index (χ0) is 30.7. The summed E-state index contributed by atoms with van der Waals surface area (Å²) in [6, 6.07) is 11.3. The van der Waals surface area contributed by atoms with Crippen LogP contribution in [0, 0.1) is 18.3 Å². The van der Waals surface area contributed by atoms with Crippen molar-refractivity contribution in [2.24, 2.45) is 0 Å². The molecule has 2 aromatic carbocycles. The summed E-state index contributed by atoms with van der Waals surface area (Å²) >= 11 is 1.45. The summed E-state index contributed by atoms with van der Waals surface area (Å²) < 4.78 is 51.3. The Labute approximate surface area is 251 Å². The highest BCUT2D eigenvalue weighted by atomic mass is 32.2. The van der Waals surface area contributed by atoms with Crippen molar-refractivity contribution in [3.05, 3.63) is 69.4 Å². The highest BCUT2D eigenvalue weighted by Gasteiger charge is 2.34. The molecule has 4 aromatic rings. The molecule has 3 heterocycles. The fourth-order valence-corrected chi connectivity index (χ4v) is 6.10. The number of ether oxygens (including phenoxy) is 1. The van der Waals surface area contributed by atoms with Crippen LogP contribution in [0.3, 0.4) is 0 Å². The van der Waals surface area contributed by atoms with Gasteiger partial charge in [-0.2, -0.15) is 18.4 Å². The van der Waals surface area contributed by atoms with Gasteiger partial charge in [0.2, 0.25) is 0 Å². The Bertz CT molecular complexity index is 1720. The number of halogens is 3. The number of nitrogens with zero attached hydrogens (tertiary/aromatic N) is 5. The van der Waals surface area contributed by atoms with Crippen molar-refractivity contribution in [2.75, 3.05) is 24.6 Å². The molecule has 0 saturated carbocycles. The first-order chi connectivity index (χ1) is 20.6. The number of piperidine rings is 1. The molecule has 0 bridgehead atoms. The number of fused-ring (bicyclic) bond motifs is 1. The molecule has 13 heteroatoms. The lowest BCUT2D eigenvalue weighted by atomic mass is 10.0. The Morgan fingerprint density at radius 1 is 1.19 bits per heavy atom. The summed E-state index contributed by atoms with van der Waals surface area (Å²) in [5.74, 6) is 1.71.